The maximum absolute atomic E-state index is 14.1. The number of halogens is 2. The molecule has 1 aliphatic rings. The zero-order valence-corrected chi connectivity index (χ0v) is 14.6. The van der Waals surface area contributed by atoms with E-state index in [1.165, 1.54) is 12.1 Å². The van der Waals surface area contributed by atoms with Gasteiger partial charge >= 0.3 is 6.09 Å². The fraction of sp³-hybridized carbons (Fsp3) is 0.529. The van der Waals surface area contributed by atoms with Gasteiger partial charge in [0.2, 0.25) is 5.96 Å². The molecule has 1 amide bonds. The summed E-state index contributed by atoms with van der Waals surface area (Å²) in [4.78, 5) is 18.1. The van der Waals surface area contributed by atoms with Crippen molar-refractivity contribution in [1.29, 1.82) is 0 Å². The van der Waals surface area contributed by atoms with Gasteiger partial charge in [-0.3, -0.25) is 10.3 Å². The molecule has 5 nitrogen and oxygen atoms in total. The zero-order chi connectivity index (χ0) is 18.1. The molecule has 0 saturated carbocycles. The maximum atomic E-state index is 14.1. The van der Waals surface area contributed by atoms with Crippen LogP contribution in [0.5, 0.6) is 0 Å². The van der Waals surface area contributed by atoms with Crippen LogP contribution in [0.15, 0.2) is 23.2 Å². The molecular weight excluding hydrogens is 316 g/mol. The van der Waals surface area contributed by atoms with E-state index >= 15 is 0 Å². The highest BCUT2D eigenvalue weighted by atomic mass is 19.1. The molecule has 1 heterocycles. The van der Waals surface area contributed by atoms with E-state index in [0.717, 1.165) is 6.07 Å². The Hall–Kier alpha value is -2.18. The molecule has 0 aliphatic carbocycles. The van der Waals surface area contributed by atoms with Crippen LogP contribution in [-0.2, 0) is 4.74 Å². The van der Waals surface area contributed by atoms with Gasteiger partial charge in [0.25, 0.3) is 0 Å². The molecule has 1 aromatic rings. The van der Waals surface area contributed by atoms with E-state index in [0.29, 0.717) is 11.5 Å². The molecular formula is C17H23F2N3O2. The number of amides is 1. The molecule has 1 N–H and O–H groups in total. The van der Waals surface area contributed by atoms with Crippen molar-refractivity contribution in [3.63, 3.8) is 0 Å². The second-order valence-corrected chi connectivity index (χ2v) is 6.97. The van der Waals surface area contributed by atoms with Crippen molar-refractivity contribution in [3.8, 4) is 0 Å². The summed E-state index contributed by atoms with van der Waals surface area (Å²) in [6.07, 6.45) is -0.618. The maximum Gasteiger partial charge on any atom is 0.414 e. The second-order valence-electron chi connectivity index (χ2n) is 6.97. The Labute approximate surface area is 140 Å². The molecule has 1 atom stereocenters. The van der Waals surface area contributed by atoms with Crippen LogP contribution in [0.4, 0.5) is 13.6 Å². The summed E-state index contributed by atoms with van der Waals surface area (Å²) < 4.78 is 32.5. The first kappa shape index (κ1) is 18.2. The van der Waals surface area contributed by atoms with E-state index in [-0.39, 0.29) is 12.6 Å². The minimum absolute atomic E-state index is 0.0457. The fourth-order valence-corrected chi connectivity index (χ4v) is 2.61. The molecule has 0 spiro atoms. The molecule has 1 aliphatic heterocycles. The highest BCUT2D eigenvalue weighted by molar-refractivity contribution is 5.95. The van der Waals surface area contributed by atoms with Crippen molar-refractivity contribution in [2.75, 3.05) is 6.54 Å². The number of hydrogen-bond donors (Lipinski definition) is 1. The molecule has 1 aromatic carbocycles. The smallest absolute Gasteiger partial charge is 0.414 e. The number of carbonyl (C=O) groups is 1. The van der Waals surface area contributed by atoms with Gasteiger partial charge in [-0.05, 0) is 40.7 Å². The fourth-order valence-electron chi connectivity index (χ4n) is 2.61. The summed E-state index contributed by atoms with van der Waals surface area (Å²) in [5, 5.41) is 2.62. The summed E-state index contributed by atoms with van der Waals surface area (Å²) in [5.41, 5.74) is -0.288. The summed E-state index contributed by atoms with van der Waals surface area (Å²) in [6, 6.07) is 3.03. The van der Waals surface area contributed by atoms with Gasteiger partial charge in [0, 0.05) is 17.7 Å². The summed E-state index contributed by atoms with van der Waals surface area (Å²) >= 11 is 0. The van der Waals surface area contributed by atoms with Crippen LogP contribution >= 0.6 is 0 Å². The molecule has 132 valence electrons. The highest BCUT2D eigenvalue weighted by Gasteiger charge is 2.34. The van der Waals surface area contributed by atoms with Gasteiger partial charge in [-0.15, -0.1) is 0 Å². The largest absolute Gasteiger partial charge is 0.444 e. The van der Waals surface area contributed by atoms with E-state index in [1.807, 2.05) is 13.8 Å². The number of benzene rings is 1. The lowest BCUT2D eigenvalue weighted by atomic mass is 10.0. The van der Waals surface area contributed by atoms with Gasteiger partial charge in [0.05, 0.1) is 12.6 Å². The number of rotatable bonds is 2. The number of nitrogens with zero attached hydrogens (tertiary/aromatic N) is 2. The number of aliphatic imine (C=N–C) groups is 1. The van der Waals surface area contributed by atoms with E-state index in [4.69, 9.17) is 4.74 Å². The Bertz CT molecular complexity index is 654. The van der Waals surface area contributed by atoms with Crippen molar-refractivity contribution in [3.05, 3.63) is 35.4 Å². The second kappa shape index (κ2) is 6.75. The molecule has 24 heavy (non-hydrogen) atoms. The monoisotopic (exact) mass is 339 g/mol. The van der Waals surface area contributed by atoms with Crippen LogP contribution in [0.3, 0.4) is 0 Å². The molecule has 0 fully saturated rings. The number of guanidine groups is 1. The lowest BCUT2D eigenvalue weighted by Gasteiger charge is -2.32. The third-order valence-electron chi connectivity index (χ3n) is 3.48. The number of alkyl carbamates (subject to hydrolysis) is 1. The van der Waals surface area contributed by atoms with Crippen LogP contribution in [0, 0.1) is 11.6 Å². The normalized spacial score (nSPS) is 17.9. The first-order valence-electron chi connectivity index (χ1n) is 7.86. The van der Waals surface area contributed by atoms with Crippen molar-refractivity contribution in [2.24, 2.45) is 4.99 Å². The first-order chi connectivity index (χ1) is 11.1. The molecule has 0 aromatic heterocycles. The van der Waals surface area contributed by atoms with Gasteiger partial charge in [-0.25, -0.2) is 13.6 Å². The topological polar surface area (TPSA) is 53.9 Å². The van der Waals surface area contributed by atoms with Crippen LogP contribution in [0.25, 0.3) is 0 Å². The molecule has 0 saturated heterocycles. The standard InChI is InChI=1S/C17H23F2N3O2/c1-10(2)22-14(12-7-6-11(18)8-13(12)19)9-20-15(22)21-16(23)24-17(3,4)5/h6-8,10,14H,9H2,1-5H3,(H,20,21,23). The van der Waals surface area contributed by atoms with Crippen molar-refractivity contribution >= 4 is 12.1 Å². The molecule has 0 bridgehead atoms. The van der Waals surface area contributed by atoms with Crippen LogP contribution in [0.1, 0.15) is 46.2 Å². The van der Waals surface area contributed by atoms with Crippen LogP contribution in [-0.4, -0.2) is 35.1 Å². The molecule has 7 heteroatoms. The summed E-state index contributed by atoms with van der Waals surface area (Å²) in [7, 11) is 0. The Morgan fingerprint density at radius 2 is 2.04 bits per heavy atom. The summed E-state index contributed by atoms with van der Waals surface area (Å²) in [5.74, 6) is -0.925. The molecule has 1 unspecified atom stereocenters. The predicted octanol–water partition coefficient (Wildman–Crippen LogP) is 3.61. The number of hydrogen-bond acceptors (Lipinski definition) is 4. The Kier molecular flexibility index (Phi) is 5.11. The number of carbonyl (C=O) groups excluding carboxylic acids is 1. The Balaban J connectivity index is 2.19. The van der Waals surface area contributed by atoms with E-state index < -0.39 is 29.4 Å². The average Bonchev–Trinajstić information content (AvgIpc) is 2.79. The van der Waals surface area contributed by atoms with Gasteiger partial charge < -0.3 is 9.64 Å². The third kappa shape index (κ3) is 4.21. The SMILES string of the molecule is CC(C)N1C(NC(=O)OC(C)(C)C)=NCC1c1ccc(F)cc1F. The number of nitrogens with one attached hydrogen (secondary N) is 1. The quantitative estimate of drug-likeness (QED) is 0.895. The van der Waals surface area contributed by atoms with E-state index in [2.05, 4.69) is 10.3 Å². The van der Waals surface area contributed by atoms with E-state index in [1.54, 1.807) is 25.7 Å². The predicted molar refractivity (Wildman–Crippen MR) is 87.7 cm³/mol. The van der Waals surface area contributed by atoms with Crippen LogP contribution < -0.4 is 5.32 Å². The molecule has 0 radical (unpaired) electrons. The Morgan fingerprint density at radius 3 is 2.58 bits per heavy atom. The number of ether oxygens (including phenoxy) is 1. The van der Waals surface area contributed by atoms with Gasteiger partial charge in [-0.1, -0.05) is 6.07 Å². The van der Waals surface area contributed by atoms with Crippen LogP contribution in [0.2, 0.25) is 0 Å². The first-order valence-corrected chi connectivity index (χ1v) is 7.86. The lowest BCUT2D eigenvalue weighted by molar-refractivity contribution is 0.0555. The third-order valence-corrected chi connectivity index (χ3v) is 3.48. The van der Waals surface area contributed by atoms with Gasteiger partial charge in [0.15, 0.2) is 0 Å². The molecule has 2 rings (SSSR count). The van der Waals surface area contributed by atoms with Crippen molar-refractivity contribution in [2.45, 2.75) is 52.3 Å². The van der Waals surface area contributed by atoms with Gasteiger partial charge in [0.1, 0.15) is 17.2 Å². The minimum Gasteiger partial charge on any atom is -0.444 e. The highest BCUT2D eigenvalue weighted by Crippen LogP contribution is 2.30. The minimum atomic E-state index is -0.631. The lowest BCUT2D eigenvalue weighted by Crippen LogP contribution is -2.47. The van der Waals surface area contributed by atoms with E-state index in [9.17, 15) is 13.6 Å². The van der Waals surface area contributed by atoms with Gasteiger partial charge in [-0.2, -0.15) is 0 Å². The van der Waals surface area contributed by atoms with Crippen molar-refractivity contribution < 1.29 is 18.3 Å². The zero-order valence-electron chi connectivity index (χ0n) is 14.6. The van der Waals surface area contributed by atoms with Crippen molar-refractivity contribution in [1.82, 2.24) is 10.2 Å². The average molecular weight is 339 g/mol. The summed E-state index contributed by atoms with van der Waals surface area (Å²) in [6.45, 7) is 9.38. The Morgan fingerprint density at radius 1 is 1.38 bits per heavy atom.